The van der Waals surface area contributed by atoms with Crippen molar-refractivity contribution in [2.75, 3.05) is 0 Å². The third kappa shape index (κ3) is 2.72. The van der Waals surface area contributed by atoms with Crippen molar-refractivity contribution in [1.82, 2.24) is 9.97 Å². The minimum atomic E-state index is -4.48. The second kappa shape index (κ2) is 5.20. The van der Waals surface area contributed by atoms with Crippen molar-refractivity contribution >= 4 is 26.8 Å². The summed E-state index contributed by atoms with van der Waals surface area (Å²) in [7, 11) is 0. The lowest BCUT2D eigenvalue weighted by Gasteiger charge is -2.17. The number of aryl methyl sites for hydroxylation is 1. The van der Waals surface area contributed by atoms with Gasteiger partial charge in [0.25, 0.3) is 5.56 Å². The average molecular weight is 349 g/mol. The molecule has 1 heterocycles. The third-order valence-electron chi connectivity index (χ3n) is 3.00. The van der Waals surface area contributed by atoms with E-state index >= 15 is 0 Å². The second-order valence-electron chi connectivity index (χ2n) is 4.48. The molecule has 0 aliphatic rings. The van der Waals surface area contributed by atoms with E-state index in [0.717, 1.165) is 6.07 Å². The van der Waals surface area contributed by atoms with Crippen LogP contribution in [-0.4, -0.2) is 9.97 Å². The maximum atomic E-state index is 13.1. The van der Waals surface area contributed by atoms with Gasteiger partial charge in [-0.1, -0.05) is 22.9 Å². The summed E-state index contributed by atoms with van der Waals surface area (Å²) < 4.78 is 39.4. The number of aromatic amines is 1. The molecule has 20 heavy (non-hydrogen) atoms. The highest BCUT2D eigenvalue weighted by Gasteiger charge is 2.35. The predicted octanol–water partition coefficient (Wildman–Crippen LogP) is 4.10. The second-order valence-corrected chi connectivity index (χ2v) is 5.59. The molecule has 0 bridgehead atoms. The van der Waals surface area contributed by atoms with Gasteiger partial charge in [-0.2, -0.15) is 13.2 Å². The van der Waals surface area contributed by atoms with Crippen LogP contribution < -0.4 is 5.56 Å². The first-order valence-corrected chi connectivity index (χ1v) is 6.91. The van der Waals surface area contributed by atoms with Crippen molar-refractivity contribution in [3.63, 3.8) is 0 Å². The van der Waals surface area contributed by atoms with Gasteiger partial charge in [-0.25, -0.2) is 4.98 Å². The zero-order valence-corrected chi connectivity index (χ0v) is 12.4. The highest BCUT2D eigenvalue weighted by atomic mass is 79.9. The number of fused-ring (bicyclic) bond motifs is 1. The number of halogens is 4. The fourth-order valence-corrected chi connectivity index (χ4v) is 2.42. The van der Waals surface area contributed by atoms with E-state index in [2.05, 4.69) is 25.9 Å². The molecule has 0 spiro atoms. The summed E-state index contributed by atoms with van der Waals surface area (Å²) in [6, 6.07) is 2.21. The Morgan fingerprint density at radius 2 is 2.05 bits per heavy atom. The van der Waals surface area contributed by atoms with Crippen LogP contribution in [0, 0.1) is 6.92 Å². The normalized spacial score (nSPS) is 13.7. The number of benzene rings is 1. The van der Waals surface area contributed by atoms with E-state index in [1.54, 1.807) is 6.92 Å². The number of H-pyrrole nitrogens is 1. The van der Waals surface area contributed by atoms with Crippen molar-refractivity contribution in [2.45, 2.75) is 31.3 Å². The topological polar surface area (TPSA) is 45.8 Å². The van der Waals surface area contributed by atoms with Crippen LogP contribution in [0.3, 0.4) is 0 Å². The Morgan fingerprint density at radius 3 is 2.60 bits per heavy atom. The standard InChI is InChI=1S/C13H12BrF3N2O/c1-3-10(14)7-4-8-11(5-9(7)13(15,16)17)18-6(2)19-12(8)20/h4-5,10H,3H2,1-2H3,(H,18,19,20). The smallest absolute Gasteiger partial charge is 0.310 e. The molecule has 3 nitrogen and oxygen atoms in total. The average Bonchev–Trinajstić information content (AvgIpc) is 2.35. The highest BCUT2D eigenvalue weighted by molar-refractivity contribution is 9.09. The molecular formula is C13H12BrF3N2O. The van der Waals surface area contributed by atoms with Gasteiger partial charge in [0.2, 0.25) is 0 Å². The molecule has 0 amide bonds. The SMILES string of the molecule is CCC(Br)c1cc2c(=O)[nH]c(C)nc2cc1C(F)(F)F. The highest BCUT2D eigenvalue weighted by Crippen LogP contribution is 2.39. The molecule has 7 heteroatoms. The Hall–Kier alpha value is -1.37. The lowest BCUT2D eigenvalue weighted by atomic mass is 10.00. The summed E-state index contributed by atoms with van der Waals surface area (Å²) >= 11 is 3.22. The van der Waals surface area contributed by atoms with Crippen LogP contribution in [0.5, 0.6) is 0 Å². The molecule has 0 fully saturated rings. The molecule has 1 atom stereocenters. The molecule has 1 aromatic carbocycles. The number of hydrogen-bond donors (Lipinski definition) is 1. The molecule has 1 aromatic heterocycles. The number of nitrogens with one attached hydrogen (secondary N) is 1. The van der Waals surface area contributed by atoms with Gasteiger partial charge < -0.3 is 4.98 Å². The Kier molecular flexibility index (Phi) is 3.90. The van der Waals surface area contributed by atoms with Crippen LogP contribution >= 0.6 is 15.9 Å². The number of nitrogens with zero attached hydrogens (tertiary/aromatic N) is 1. The first-order valence-electron chi connectivity index (χ1n) is 6.00. The van der Waals surface area contributed by atoms with Gasteiger partial charge in [0.15, 0.2) is 0 Å². The van der Waals surface area contributed by atoms with Crippen LogP contribution in [0.25, 0.3) is 10.9 Å². The fraction of sp³-hybridized carbons (Fsp3) is 0.385. The first kappa shape index (κ1) is 15.0. The molecule has 0 aliphatic carbocycles. The van der Waals surface area contributed by atoms with E-state index in [1.165, 1.54) is 13.0 Å². The number of hydrogen-bond acceptors (Lipinski definition) is 2. The van der Waals surface area contributed by atoms with Gasteiger partial charge >= 0.3 is 6.18 Å². The van der Waals surface area contributed by atoms with E-state index < -0.39 is 22.1 Å². The number of alkyl halides is 4. The van der Waals surface area contributed by atoms with Crippen LogP contribution in [0.2, 0.25) is 0 Å². The number of aromatic nitrogens is 2. The maximum absolute atomic E-state index is 13.1. The fourth-order valence-electron chi connectivity index (χ4n) is 2.04. The summed E-state index contributed by atoms with van der Waals surface area (Å²) in [6.07, 6.45) is -4.01. The predicted molar refractivity (Wildman–Crippen MR) is 74.1 cm³/mol. The lowest BCUT2D eigenvalue weighted by Crippen LogP contribution is -2.15. The monoisotopic (exact) mass is 348 g/mol. The molecule has 0 saturated heterocycles. The molecule has 0 aliphatic heterocycles. The van der Waals surface area contributed by atoms with Crippen LogP contribution in [0.1, 0.15) is 35.1 Å². The van der Waals surface area contributed by atoms with Crippen molar-refractivity contribution in [1.29, 1.82) is 0 Å². The van der Waals surface area contributed by atoms with E-state index in [9.17, 15) is 18.0 Å². The number of rotatable bonds is 2. The Bertz CT molecular complexity index is 709. The summed E-state index contributed by atoms with van der Waals surface area (Å²) in [4.78, 5) is 17.8. The minimum absolute atomic E-state index is 0.0538. The van der Waals surface area contributed by atoms with Gasteiger partial charge in [-0.05, 0) is 31.0 Å². The van der Waals surface area contributed by atoms with Gasteiger partial charge in [-0.15, -0.1) is 0 Å². The first-order chi connectivity index (χ1) is 9.24. The molecule has 0 radical (unpaired) electrons. The lowest BCUT2D eigenvalue weighted by molar-refractivity contribution is -0.138. The van der Waals surface area contributed by atoms with Crippen LogP contribution in [0.15, 0.2) is 16.9 Å². The molecule has 2 rings (SSSR count). The summed E-state index contributed by atoms with van der Waals surface area (Å²) in [6.45, 7) is 3.29. The van der Waals surface area contributed by atoms with Crippen molar-refractivity contribution in [3.05, 3.63) is 39.4 Å². The van der Waals surface area contributed by atoms with Gasteiger partial charge in [0.05, 0.1) is 16.5 Å². The molecule has 2 aromatic rings. The van der Waals surface area contributed by atoms with Crippen LogP contribution in [-0.2, 0) is 6.18 Å². The largest absolute Gasteiger partial charge is 0.416 e. The Balaban J connectivity index is 2.85. The minimum Gasteiger partial charge on any atom is -0.310 e. The van der Waals surface area contributed by atoms with E-state index in [0.29, 0.717) is 6.42 Å². The van der Waals surface area contributed by atoms with Gasteiger partial charge in [0, 0.05) is 4.83 Å². The third-order valence-corrected chi connectivity index (χ3v) is 4.14. The maximum Gasteiger partial charge on any atom is 0.416 e. The van der Waals surface area contributed by atoms with Crippen LogP contribution in [0.4, 0.5) is 13.2 Å². The molecule has 1 N–H and O–H groups in total. The van der Waals surface area contributed by atoms with E-state index in [-0.39, 0.29) is 22.3 Å². The summed E-state index contributed by atoms with van der Waals surface area (Å²) in [5.41, 5.74) is -1.08. The zero-order valence-electron chi connectivity index (χ0n) is 10.8. The quantitative estimate of drug-likeness (QED) is 0.830. The van der Waals surface area contributed by atoms with E-state index in [1.807, 2.05) is 0 Å². The Labute approximate surface area is 121 Å². The summed E-state index contributed by atoms with van der Waals surface area (Å²) in [5, 5.41) is 0.163. The van der Waals surface area contributed by atoms with Gasteiger partial charge in [0.1, 0.15) is 5.82 Å². The molecular weight excluding hydrogens is 337 g/mol. The zero-order chi connectivity index (χ0) is 15.1. The Morgan fingerprint density at radius 1 is 1.40 bits per heavy atom. The van der Waals surface area contributed by atoms with E-state index in [4.69, 9.17) is 0 Å². The molecule has 108 valence electrons. The van der Waals surface area contributed by atoms with Gasteiger partial charge in [-0.3, -0.25) is 4.79 Å². The summed E-state index contributed by atoms with van der Waals surface area (Å²) in [5.74, 6) is 0.286. The van der Waals surface area contributed by atoms with Crippen molar-refractivity contribution in [2.24, 2.45) is 0 Å². The molecule has 0 saturated carbocycles. The van der Waals surface area contributed by atoms with Crippen molar-refractivity contribution in [3.8, 4) is 0 Å². The molecule has 1 unspecified atom stereocenters. The van der Waals surface area contributed by atoms with Crippen molar-refractivity contribution < 1.29 is 13.2 Å².